The fraction of sp³-hybridized carbons (Fsp3) is 0.800. The molecule has 0 N–H and O–H groups in total. The van der Waals surface area contributed by atoms with E-state index in [0.29, 0.717) is 0 Å². The van der Waals surface area contributed by atoms with Crippen LogP contribution in [0.15, 0.2) is 12.7 Å². The van der Waals surface area contributed by atoms with E-state index in [1.54, 1.807) is 0 Å². The molecular weight excluding hydrogens is 172 g/mol. The maximum absolute atomic E-state index is 5.94. The van der Waals surface area contributed by atoms with Crippen LogP contribution in [0.25, 0.3) is 0 Å². The minimum atomic E-state index is 0.282. The van der Waals surface area contributed by atoms with Crippen LogP contribution in [0.4, 0.5) is 0 Å². The molecule has 1 unspecified atom stereocenters. The van der Waals surface area contributed by atoms with Crippen LogP contribution in [0.1, 0.15) is 25.7 Å². The van der Waals surface area contributed by atoms with E-state index in [1.165, 1.54) is 12.8 Å². The molecule has 0 bridgehead atoms. The second-order valence-electron chi connectivity index (χ2n) is 3.62. The van der Waals surface area contributed by atoms with E-state index in [2.05, 4.69) is 6.58 Å². The molecule has 1 atom stereocenters. The van der Waals surface area contributed by atoms with Crippen molar-refractivity contribution in [1.82, 2.24) is 0 Å². The van der Waals surface area contributed by atoms with Gasteiger partial charge in [-0.1, -0.05) is 6.08 Å². The van der Waals surface area contributed by atoms with Crippen molar-refractivity contribution in [1.29, 1.82) is 0 Å². The Hall–Kier alpha value is -0.0100. The van der Waals surface area contributed by atoms with Crippen LogP contribution in [-0.4, -0.2) is 19.1 Å². The fourth-order valence-corrected chi connectivity index (χ4v) is 1.98. The van der Waals surface area contributed by atoms with E-state index in [0.717, 1.165) is 31.9 Å². The zero-order valence-corrected chi connectivity index (χ0v) is 8.28. The van der Waals surface area contributed by atoms with Crippen molar-refractivity contribution in [2.75, 3.05) is 19.1 Å². The molecule has 1 heterocycles. The summed E-state index contributed by atoms with van der Waals surface area (Å²) in [6.07, 6.45) is 6.58. The summed E-state index contributed by atoms with van der Waals surface area (Å²) in [5, 5.41) is 0. The molecule has 0 aliphatic carbocycles. The van der Waals surface area contributed by atoms with Gasteiger partial charge in [0.25, 0.3) is 0 Å². The smallest absolute Gasteiger partial charge is 0.0534 e. The summed E-state index contributed by atoms with van der Waals surface area (Å²) in [5.74, 6) is 0.740. The van der Waals surface area contributed by atoms with Crippen molar-refractivity contribution < 1.29 is 4.74 Å². The molecule has 0 aromatic heterocycles. The van der Waals surface area contributed by atoms with E-state index in [-0.39, 0.29) is 5.41 Å². The maximum Gasteiger partial charge on any atom is 0.0534 e. The Balaban J connectivity index is 2.28. The standard InChI is InChI=1S/C10H17ClO/c1-2-3-4-5-10(8-11)6-7-12-9-10/h2H,1,3-9H2. The number of hydrogen-bond donors (Lipinski definition) is 0. The predicted molar refractivity (Wildman–Crippen MR) is 52.6 cm³/mol. The van der Waals surface area contributed by atoms with Crippen LogP contribution in [0.3, 0.4) is 0 Å². The summed E-state index contributed by atoms with van der Waals surface area (Å²) in [6, 6.07) is 0. The van der Waals surface area contributed by atoms with Gasteiger partial charge in [-0.25, -0.2) is 0 Å². The number of hydrogen-bond acceptors (Lipinski definition) is 1. The van der Waals surface area contributed by atoms with Crippen molar-refractivity contribution in [2.24, 2.45) is 5.41 Å². The summed E-state index contributed by atoms with van der Waals surface area (Å²) < 4.78 is 5.37. The molecule has 0 spiro atoms. The van der Waals surface area contributed by atoms with E-state index in [9.17, 15) is 0 Å². The topological polar surface area (TPSA) is 9.23 Å². The third-order valence-corrected chi connectivity index (χ3v) is 3.15. The molecule has 1 fully saturated rings. The summed E-state index contributed by atoms with van der Waals surface area (Å²) in [6.45, 7) is 5.45. The first-order valence-corrected chi connectivity index (χ1v) is 5.11. The number of ether oxygens (including phenoxy) is 1. The zero-order chi connectivity index (χ0) is 8.86. The average Bonchev–Trinajstić information content (AvgIpc) is 2.55. The lowest BCUT2D eigenvalue weighted by molar-refractivity contribution is 0.155. The van der Waals surface area contributed by atoms with Gasteiger partial charge in [0.05, 0.1) is 6.61 Å². The molecule has 0 aromatic carbocycles. The molecule has 2 heteroatoms. The second-order valence-corrected chi connectivity index (χ2v) is 3.88. The number of allylic oxidation sites excluding steroid dienone is 1. The third kappa shape index (κ3) is 2.49. The lowest BCUT2D eigenvalue weighted by Gasteiger charge is -2.23. The monoisotopic (exact) mass is 188 g/mol. The van der Waals surface area contributed by atoms with Crippen molar-refractivity contribution in [3.05, 3.63) is 12.7 Å². The number of halogens is 1. The van der Waals surface area contributed by atoms with Gasteiger partial charge in [0.1, 0.15) is 0 Å². The predicted octanol–water partition coefficient (Wildman–Crippen LogP) is 2.99. The minimum absolute atomic E-state index is 0.282. The molecule has 0 amide bonds. The quantitative estimate of drug-likeness (QED) is 0.366. The summed E-state index contributed by atoms with van der Waals surface area (Å²) in [4.78, 5) is 0. The van der Waals surface area contributed by atoms with Gasteiger partial charge < -0.3 is 4.74 Å². The van der Waals surface area contributed by atoms with Crippen molar-refractivity contribution in [3.63, 3.8) is 0 Å². The van der Waals surface area contributed by atoms with Crippen LogP contribution in [-0.2, 0) is 4.74 Å². The summed E-state index contributed by atoms with van der Waals surface area (Å²) >= 11 is 5.94. The van der Waals surface area contributed by atoms with Gasteiger partial charge in [-0.15, -0.1) is 18.2 Å². The largest absolute Gasteiger partial charge is 0.381 e. The Labute approximate surface area is 79.7 Å². The van der Waals surface area contributed by atoms with Crippen LogP contribution < -0.4 is 0 Å². The highest BCUT2D eigenvalue weighted by atomic mass is 35.5. The lowest BCUT2D eigenvalue weighted by atomic mass is 9.84. The van der Waals surface area contributed by atoms with Crippen molar-refractivity contribution in [2.45, 2.75) is 25.7 Å². The van der Waals surface area contributed by atoms with Gasteiger partial charge in [0, 0.05) is 17.9 Å². The molecule has 12 heavy (non-hydrogen) atoms. The molecule has 1 rings (SSSR count). The molecule has 0 radical (unpaired) electrons. The normalized spacial score (nSPS) is 29.1. The third-order valence-electron chi connectivity index (χ3n) is 2.58. The minimum Gasteiger partial charge on any atom is -0.381 e. The molecule has 1 aliphatic heterocycles. The molecule has 1 nitrogen and oxygen atoms in total. The Kier molecular flexibility index (Phi) is 4.10. The van der Waals surface area contributed by atoms with Crippen LogP contribution in [0.5, 0.6) is 0 Å². The zero-order valence-electron chi connectivity index (χ0n) is 7.52. The average molecular weight is 189 g/mol. The molecule has 1 saturated heterocycles. The first kappa shape index (κ1) is 10.1. The maximum atomic E-state index is 5.94. The van der Waals surface area contributed by atoms with Gasteiger partial charge in [-0.2, -0.15) is 0 Å². The van der Waals surface area contributed by atoms with E-state index in [4.69, 9.17) is 16.3 Å². The Morgan fingerprint density at radius 3 is 2.92 bits per heavy atom. The van der Waals surface area contributed by atoms with E-state index < -0.39 is 0 Å². The van der Waals surface area contributed by atoms with Gasteiger partial charge >= 0.3 is 0 Å². The highest BCUT2D eigenvalue weighted by molar-refractivity contribution is 6.18. The van der Waals surface area contributed by atoms with Gasteiger partial charge in [-0.05, 0) is 25.7 Å². The van der Waals surface area contributed by atoms with E-state index in [1.807, 2.05) is 6.08 Å². The van der Waals surface area contributed by atoms with Crippen molar-refractivity contribution in [3.8, 4) is 0 Å². The molecule has 0 aromatic rings. The Bertz CT molecular complexity index is 139. The second kappa shape index (κ2) is 4.88. The molecule has 1 aliphatic rings. The Morgan fingerprint density at radius 1 is 1.58 bits per heavy atom. The number of alkyl halides is 1. The highest BCUT2D eigenvalue weighted by Gasteiger charge is 2.33. The number of rotatable bonds is 5. The first-order chi connectivity index (χ1) is 5.83. The van der Waals surface area contributed by atoms with Gasteiger partial charge in [0.2, 0.25) is 0 Å². The fourth-order valence-electron chi connectivity index (χ4n) is 1.64. The van der Waals surface area contributed by atoms with E-state index >= 15 is 0 Å². The molecule has 70 valence electrons. The molecular formula is C10H17ClO. The van der Waals surface area contributed by atoms with Crippen LogP contribution >= 0.6 is 11.6 Å². The summed E-state index contributed by atoms with van der Waals surface area (Å²) in [5.41, 5.74) is 0.282. The molecule has 0 saturated carbocycles. The number of unbranched alkanes of at least 4 members (excludes halogenated alkanes) is 1. The van der Waals surface area contributed by atoms with Crippen molar-refractivity contribution >= 4 is 11.6 Å². The van der Waals surface area contributed by atoms with Gasteiger partial charge in [-0.3, -0.25) is 0 Å². The lowest BCUT2D eigenvalue weighted by Crippen LogP contribution is -2.22. The van der Waals surface area contributed by atoms with Crippen LogP contribution in [0, 0.1) is 5.41 Å². The van der Waals surface area contributed by atoms with Crippen LogP contribution in [0.2, 0.25) is 0 Å². The highest BCUT2D eigenvalue weighted by Crippen LogP contribution is 2.35. The summed E-state index contributed by atoms with van der Waals surface area (Å²) in [7, 11) is 0. The SMILES string of the molecule is C=CCCCC1(CCl)CCOC1. The first-order valence-electron chi connectivity index (χ1n) is 4.58. The Morgan fingerprint density at radius 2 is 2.42 bits per heavy atom. The van der Waals surface area contributed by atoms with Gasteiger partial charge in [0.15, 0.2) is 0 Å².